The second kappa shape index (κ2) is 19.5. The molecular formula is C20H37N9O5S2. The van der Waals surface area contributed by atoms with Crippen LogP contribution in [0.1, 0.15) is 20.8 Å². The SMILES string of the molecule is CC(=O)N(C)C.CC(=O)N(C)C.CC(=O)N(C)C.Nc1cc(=O)[nH]c(=S)[nH]1.Nc1cc(=O)[nH]c(=S)[nH]1. The van der Waals surface area contributed by atoms with Crippen molar-refractivity contribution in [3.05, 3.63) is 42.4 Å². The normalized spacial score (nSPS) is 8.58. The smallest absolute Gasteiger partial charge is 0.253 e. The molecule has 0 bridgehead atoms. The van der Waals surface area contributed by atoms with Crippen molar-refractivity contribution in [3.63, 3.8) is 0 Å². The van der Waals surface area contributed by atoms with Crippen LogP contribution >= 0.6 is 24.4 Å². The van der Waals surface area contributed by atoms with Gasteiger partial charge in [0, 0.05) is 75.2 Å². The van der Waals surface area contributed by atoms with Crippen LogP contribution in [0.25, 0.3) is 0 Å². The Morgan fingerprint density at radius 3 is 0.917 bits per heavy atom. The number of hydrogen-bond donors (Lipinski definition) is 6. The number of amides is 3. The molecule has 2 heterocycles. The fourth-order valence-corrected chi connectivity index (χ4v) is 1.41. The van der Waals surface area contributed by atoms with Crippen LogP contribution < -0.4 is 22.6 Å². The monoisotopic (exact) mass is 547 g/mol. The third-order valence-electron chi connectivity index (χ3n) is 3.45. The summed E-state index contributed by atoms with van der Waals surface area (Å²) in [7, 11) is 10.3. The topological polar surface area (TPSA) is 210 Å². The third kappa shape index (κ3) is 24.8. The minimum Gasteiger partial charge on any atom is -0.385 e. The second-order valence-electron chi connectivity index (χ2n) is 7.33. The molecule has 3 amide bonds. The van der Waals surface area contributed by atoms with Crippen molar-refractivity contribution in [1.29, 1.82) is 0 Å². The molecule has 2 aromatic rings. The van der Waals surface area contributed by atoms with Gasteiger partial charge in [0.2, 0.25) is 17.7 Å². The highest BCUT2D eigenvalue weighted by atomic mass is 32.1. The fourth-order valence-electron chi connectivity index (χ4n) is 0.975. The van der Waals surface area contributed by atoms with Crippen LogP contribution in [0.3, 0.4) is 0 Å². The minimum atomic E-state index is -0.281. The van der Waals surface area contributed by atoms with Gasteiger partial charge < -0.3 is 36.1 Å². The van der Waals surface area contributed by atoms with E-state index in [1.807, 2.05) is 0 Å². The van der Waals surface area contributed by atoms with E-state index in [2.05, 4.69) is 44.4 Å². The summed E-state index contributed by atoms with van der Waals surface area (Å²) < 4.78 is 0.500. The summed E-state index contributed by atoms with van der Waals surface area (Å²) in [5.74, 6) is 0.840. The highest BCUT2D eigenvalue weighted by Crippen LogP contribution is 1.85. The standard InChI is InChI=1S/2C4H5N3OS.3C4H9NO/c2*5-2-1-3(8)7-4(9)6-2;3*1-4(6)5(2)3/h2*1H,(H4,5,6,7,8,9);3*1-3H3. The second-order valence-corrected chi connectivity index (χ2v) is 8.14. The summed E-state index contributed by atoms with van der Waals surface area (Å²) in [5.41, 5.74) is 9.87. The molecule has 0 radical (unpaired) electrons. The molecule has 0 saturated carbocycles. The van der Waals surface area contributed by atoms with Crippen molar-refractivity contribution in [2.24, 2.45) is 0 Å². The van der Waals surface area contributed by atoms with E-state index in [0.717, 1.165) is 0 Å². The number of nitrogens with zero attached hydrogens (tertiary/aromatic N) is 3. The Hall–Kier alpha value is -3.79. The molecule has 204 valence electrons. The summed E-state index contributed by atoms with van der Waals surface area (Å²) >= 11 is 9.19. The van der Waals surface area contributed by atoms with E-state index in [-0.39, 0.29) is 50.0 Å². The van der Waals surface area contributed by atoms with Gasteiger partial charge in [0.15, 0.2) is 9.54 Å². The average Bonchev–Trinajstić information content (AvgIpc) is 2.67. The lowest BCUT2D eigenvalue weighted by Crippen LogP contribution is -2.17. The maximum absolute atomic E-state index is 10.5. The molecule has 2 aromatic heterocycles. The number of hydrogen-bond acceptors (Lipinski definition) is 9. The summed E-state index contributed by atoms with van der Waals surface area (Å²) in [5, 5.41) is 0. The van der Waals surface area contributed by atoms with Crippen molar-refractivity contribution in [1.82, 2.24) is 34.6 Å². The Morgan fingerprint density at radius 1 is 0.611 bits per heavy atom. The number of nitrogens with one attached hydrogen (secondary N) is 4. The van der Waals surface area contributed by atoms with Crippen LogP contribution in [0.4, 0.5) is 11.6 Å². The third-order valence-corrected chi connectivity index (χ3v) is 3.86. The number of anilines is 2. The van der Waals surface area contributed by atoms with E-state index in [1.165, 1.54) is 47.6 Å². The first-order chi connectivity index (χ1) is 16.3. The highest BCUT2D eigenvalue weighted by molar-refractivity contribution is 7.71. The largest absolute Gasteiger partial charge is 0.385 e. The Morgan fingerprint density at radius 2 is 0.806 bits per heavy atom. The molecule has 14 nitrogen and oxygen atoms in total. The fraction of sp³-hybridized carbons (Fsp3) is 0.450. The molecule has 2 rings (SSSR count). The summed E-state index contributed by atoms with van der Waals surface area (Å²) in [6.07, 6.45) is 0. The van der Waals surface area contributed by atoms with Crippen molar-refractivity contribution in [2.75, 3.05) is 53.8 Å². The number of nitrogens with two attached hydrogens (primary N) is 2. The zero-order valence-corrected chi connectivity index (χ0v) is 23.6. The first-order valence-electron chi connectivity index (χ1n) is 10.0. The van der Waals surface area contributed by atoms with Gasteiger partial charge in [-0.3, -0.25) is 33.9 Å². The molecule has 0 spiro atoms. The molecule has 8 N–H and O–H groups in total. The predicted molar refractivity (Wildman–Crippen MR) is 146 cm³/mol. The van der Waals surface area contributed by atoms with Crippen LogP contribution in [0.15, 0.2) is 21.7 Å². The molecule has 0 saturated heterocycles. The molecular weight excluding hydrogens is 510 g/mol. The number of aromatic amines is 4. The van der Waals surface area contributed by atoms with Gasteiger partial charge in [-0.1, -0.05) is 0 Å². The number of rotatable bonds is 0. The summed E-state index contributed by atoms with van der Waals surface area (Å²) in [6, 6.07) is 2.46. The minimum absolute atomic E-state index is 0.0926. The van der Waals surface area contributed by atoms with Gasteiger partial charge in [-0.05, 0) is 24.4 Å². The van der Waals surface area contributed by atoms with Crippen molar-refractivity contribution >= 4 is 53.8 Å². The van der Waals surface area contributed by atoms with Gasteiger partial charge >= 0.3 is 0 Å². The lowest BCUT2D eigenvalue weighted by molar-refractivity contribution is -0.127. The molecule has 36 heavy (non-hydrogen) atoms. The Balaban J connectivity index is -0.000000385. The Labute approximate surface area is 219 Å². The van der Waals surface area contributed by atoms with Gasteiger partial charge in [0.1, 0.15) is 11.6 Å². The first-order valence-corrected chi connectivity index (χ1v) is 10.8. The van der Waals surface area contributed by atoms with Crippen LogP contribution in [-0.4, -0.2) is 94.6 Å². The Bertz CT molecular complexity index is 1020. The molecule has 0 unspecified atom stereocenters. The van der Waals surface area contributed by atoms with Crippen LogP contribution in [0.2, 0.25) is 0 Å². The molecule has 0 atom stereocenters. The molecule has 16 heteroatoms. The van der Waals surface area contributed by atoms with Crippen LogP contribution in [0.5, 0.6) is 0 Å². The van der Waals surface area contributed by atoms with Gasteiger partial charge in [-0.25, -0.2) is 0 Å². The van der Waals surface area contributed by atoms with E-state index >= 15 is 0 Å². The predicted octanol–water partition coefficient (Wildman–Crippen LogP) is 0.313. The highest BCUT2D eigenvalue weighted by Gasteiger charge is 1.89. The van der Waals surface area contributed by atoms with Crippen LogP contribution in [0, 0.1) is 9.54 Å². The lowest BCUT2D eigenvalue weighted by atomic mass is 10.6. The summed E-state index contributed by atoms with van der Waals surface area (Å²) in [4.78, 5) is 65.5. The number of carbonyl (C=O) groups excluding carboxylic acids is 3. The van der Waals surface area contributed by atoms with Crippen molar-refractivity contribution in [2.45, 2.75) is 20.8 Å². The van der Waals surface area contributed by atoms with E-state index in [0.29, 0.717) is 0 Å². The summed E-state index contributed by atoms with van der Waals surface area (Å²) in [6.45, 7) is 4.58. The molecule has 0 fully saturated rings. The van der Waals surface area contributed by atoms with Gasteiger partial charge in [0.25, 0.3) is 11.1 Å². The molecule has 0 aliphatic heterocycles. The van der Waals surface area contributed by atoms with E-state index in [9.17, 15) is 24.0 Å². The van der Waals surface area contributed by atoms with E-state index in [4.69, 9.17) is 11.5 Å². The number of nitrogen functional groups attached to an aromatic ring is 2. The zero-order valence-electron chi connectivity index (χ0n) is 22.0. The first kappa shape index (κ1) is 36.8. The van der Waals surface area contributed by atoms with E-state index < -0.39 is 0 Å². The zero-order chi connectivity index (χ0) is 29.2. The van der Waals surface area contributed by atoms with Crippen molar-refractivity contribution < 1.29 is 14.4 Å². The molecule has 0 aliphatic carbocycles. The van der Waals surface area contributed by atoms with Crippen molar-refractivity contribution in [3.8, 4) is 0 Å². The lowest BCUT2D eigenvalue weighted by Gasteiger charge is -2.02. The molecule has 0 aliphatic rings. The molecule has 0 aromatic carbocycles. The van der Waals surface area contributed by atoms with Gasteiger partial charge in [-0.15, -0.1) is 0 Å². The average molecular weight is 548 g/mol. The van der Waals surface area contributed by atoms with Crippen LogP contribution in [-0.2, 0) is 14.4 Å². The number of H-pyrrole nitrogens is 4. The van der Waals surface area contributed by atoms with E-state index in [1.54, 1.807) is 42.3 Å². The maximum Gasteiger partial charge on any atom is 0.253 e. The van der Waals surface area contributed by atoms with Gasteiger partial charge in [-0.2, -0.15) is 0 Å². The number of aromatic nitrogens is 4. The number of carbonyl (C=O) groups is 3. The quantitative estimate of drug-likeness (QED) is 0.250. The van der Waals surface area contributed by atoms with Gasteiger partial charge in [0.05, 0.1) is 0 Å². The maximum atomic E-state index is 10.5. The Kier molecular flexibility index (Phi) is 19.9.